The first-order valence-electron chi connectivity index (χ1n) is 7.78. The highest BCUT2D eigenvalue weighted by atomic mass is 19.4. The van der Waals surface area contributed by atoms with Gasteiger partial charge in [-0.15, -0.1) is 0 Å². The third-order valence-electron chi connectivity index (χ3n) is 3.52. The molecule has 0 unspecified atom stereocenters. The number of carboxylic acids is 2. The van der Waals surface area contributed by atoms with E-state index in [1.807, 2.05) is 0 Å². The van der Waals surface area contributed by atoms with Crippen LogP contribution in [0.4, 0.5) is 13.2 Å². The van der Waals surface area contributed by atoms with Crippen LogP contribution in [-0.4, -0.2) is 45.4 Å². The van der Waals surface area contributed by atoms with Crippen LogP contribution in [0.3, 0.4) is 0 Å². The number of nitrogens with one attached hydrogen (secondary N) is 1. The molecule has 1 aliphatic rings. The number of hydrogen-bond donors (Lipinski definition) is 3. The van der Waals surface area contributed by atoms with Crippen LogP contribution in [-0.2, 0) is 16.1 Å². The molecule has 0 bridgehead atoms. The summed E-state index contributed by atoms with van der Waals surface area (Å²) in [4.78, 5) is 31.3. The molecule has 0 aliphatic heterocycles. The molecule has 1 amide bonds. The highest BCUT2D eigenvalue weighted by Crippen LogP contribution is 2.17. The van der Waals surface area contributed by atoms with Gasteiger partial charge in [0.2, 0.25) is 0 Å². The van der Waals surface area contributed by atoms with Gasteiger partial charge in [0.25, 0.3) is 5.91 Å². The summed E-state index contributed by atoms with van der Waals surface area (Å²) < 4.78 is 33.3. The molecule has 1 heterocycles. The van der Waals surface area contributed by atoms with Crippen molar-refractivity contribution in [2.45, 2.75) is 50.9 Å². The van der Waals surface area contributed by atoms with Crippen LogP contribution in [0.5, 0.6) is 0 Å². The van der Waals surface area contributed by atoms with Crippen LogP contribution in [0.15, 0.2) is 18.5 Å². The lowest BCUT2D eigenvalue weighted by atomic mass is 10.2. The van der Waals surface area contributed by atoms with Crippen LogP contribution >= 0.6 is 0 Å². The molecule has 0 atom stereocenters. The van der Waals surface area contributed by atoms with E-state index in [2.05, 4.69) is 10.4 Å². The monoisotopic (exact) mass is 378 g/mol. The average molecular weight is 378 g/mol. The van der Waals surface area contributed by atoms with Gasteiger partial charge in [-0.3, -0.25) is 9.59 Å². The van der Waals surface area contributed by atoms with Crippen LogP contribution in [0, 0.1) is 0 Å². The predicted molar refractivity (Wildman–Crippen MR) is 80.1 cm³/mol. The van der Waals surface area contributed by atoms with Crippen molar-refractivity contribution in [3.63, 3.8) is 0 Å². The zero-order valence-corrected chi connectivity index (χ0v) is 13.7. The SMILES string of the molecule is O=C(O)C(F)(F)F.O=C(O)CC[n+]1ccc(C(=O)NC2CCCC2)cn1. The summed E-state index contributed by atoms with van der Waals surface area (Å²) >= 11 is 0. The molecule has 1 saturated carbocycles. The maximum Gasteiger partial charge on any atom is 0.490 e. The highest BCUT2D eigenvalue weighted by molar-refractivity contribution is 5.93. The third-order valence-corrected chi connectivity index (χ3v) is 3.52. The van der Waals surface area contributed by atoms with E-state index in [0.29, 0.717) is 12.1 Å². The first-order valence-corrected chi connectivity index (χ1v) is 7.78. The van der Waals surface area contributed by atoms with E-state index in [-0.39, 0.29) is 18.4 Å². The number of carbonyl (C=O) groups excluding carboxylic acids is 1. The Hall–Kier alpha value is -2.72. The lowest BCUT2D eigenvalue weighted by Gasteiger charge is -2.10. The van der Waals surface area contributed by atoms with Crippen molar-refractivity contribution < 1.29 is 42.4 Å². The quantitative estimate of drug-likeness (QED) is 0.661. The van der Waals surface area contributed by atoms with Crippen molar-refractivity contribution in [3.05, 3.63) is 24.0 Å². The van der Waals surface area contributed by atoms with Crippen molar-refractivity contribution in [2.24, 2.45) is 0 Å². The molecule has 2 rings (SSSR count). The molecular formula is C15H19F3N3O5+. The Kier molecular flexibility index (Phi) is 7.94. The van der Waals surface area contributed by atoms with Crippen LogP contribution in [0.2, 0.25) is 0 Å². The minimum atomic E-state index is -5.08. The van der Waals surface area contributed by atoms with Gasteiger partial charge in [0.1, 0.15) is 12.6 Å². The Morgan fingerprint density at radius 2 is 1.81 bits per heavy atom. The maximum atomic E-state index is 11.9. The Morgan fingerprint density at radius 3 is 2.23 bits per heavy atom. The molecule has 3 N–H and O–H groups in total. The zero-order valence-electron chi connectivity index (χ0n) is 13.7. The largest absolute Gasteiger partial charge is 0.490 e. The summed E-state index contributed by atoms with van der Waals surface area (Å²) in [7, 11) is 0. The number of alkyl halides is 3. The fourth-order valence-electron chi connectivity index (χ4n) is 2.20. The maximum absolute atomic E-state index is 11.9. The van der Waals surface area contributed by atoms with Crippen molar-refractivity contribution in [1.29, 1.82) is 0 Å². The molecule has 0 radical (unpaired) electrons. The van der Waals surface area contributed by atoms with Crippen molar-refractivity contribution in [1.82, 2.24) is 10.4 Å². The van der Waals surface area contributed by atoms with E-state index in [1.54, 1.807) is 12.3 Å². The zero-order chi connectivity index (χ0) is 19.7. The number of carbonyl (C=O) groups is 3. The van der Waals surface area contributed by atoms with E-state index in [4.69, 9.17) is 15.0 Å². The Morgan fingerprint density at radius 1 is 1.23 bits per heavy atom. The molecule has 0 aromatic carbocycles. The van der Waals surface area contributed by atoms with Gasteiger partial charge >= 0.3 is 18.1 Å². The van der Waals surface area contributed by atoms with Crippen LogP contribution < -0.4 is 10.00 Å². The lowest BCUT2D eigenvalue weighted by molar-refractivity contribution is -0.753. The second-order valence-corrected chi connectivity index (χ2v) is 5.58. The number of nitrogens with zero attached hydrogens (tertiary/aromatic N) is 2. The predicted octanol–water partition coefficient (Wildman–Crippen LogP) is 1.15. The standard InChI is InChI=1S/C13H17N3O3.C2HF3O2/c17-12(18)6-8-16-7-5-10(9-14-16)13(19)15-11-3-1-2-4-11;3-2(4,5)1(6)7/h5,7,9,11H,1-4,6,8H2,(H-,15,17,18,19);(H,6,7)/p+1. The van der Waals surface area contributed by atoms with Crippen LogP contribution in [0.1, 0.15) is 42.5 Å². The Bertz CT molecular complexity index is 628. The average Bonchev–Trinajstić information content (AvgIpc) is 3.06. The normalized spacial score (nSPS) is 14.3. The summed E-state index contributed by atoms with van der Waals surface area (Å²) in [6.45, 7) is 0.305. The molecule has 0 saturated heterocycles. The smallest absolute Gasteiger partial charge is 0.481 e. The summed E-state index contributed by atoms with van der Waals surface area (Å²) in [5.74, 6) is -3.73. The van der Waals surface area contributed by atoms with E-state index >= 15 is 0 Å². The minimum Gasteiger partial charge on any atom is -0.481 e. The number of rotatable bonds is 5. The van der Waals surface area contributed by atoms with Gasteiger partial charge in [-0.2, -0.15) is 13.2 Å². The van der Waals surface area contributed by atoms with Gasteiger partial charge < -0.3 is 15.5 Å². The molecule has 26 heavy (non-hydrogen) atoms. The molecule has 8 nitrogen and oxygen atoms in total. The van der Waals surface area contributed by atoms with Gasteiger partial charge in [-0.05, 0) is 17.9 Å². The number of aromatic nitrogens is 2. The van der Waals surface area contributed by atoms with E-state index in [1.165, 1.54) is 23.7 Å². The van der Waals surface area contributed by atoms with E-state index in [0.717, 1.165) is 12.8 Å². The third kappa shape index (κ3) is 7.90. The van der Waals surface area contributed by atoms with Crippen molar-refractivity contribution >= 4 is 17.8 Å². The number of halogens is 3. The summed E-state index contributed by atoms with van der Waals surface area (Å²) in [6.07, 6.45) is 2.49. The molecular weight excluding hydrogens is 359 g/mol. The van der Waals surface area contributed by atoms with Crippen molar-refractivity contribution in [2.75, 3.05) is 0 Å². The lowest BCUT2D eigenvalue weighted by Crippen LogP contribution is -2.39. The number of hydrogen-bond acceptors (Lipinski definition) is 4. The first-order chi connectivity index (χ1) is 12.1. The topological polar surface area (TPSA) is 120 Å². The number of amides is 1. The molecule has 1 aliphatic carbocycles. The first kappa shape index (κ1) is 21.3. The number of aliphatic carboxylic acids is 2. The van der Waals surface area contributed by atoms with Crippen LogP contribution in [0.25, 0.3) is 0 Å². The molecule has 0 spiro atoms. The van der Waals surface area contributed by atoms with Gasteiger partial charge in [0.05, 0.1) is 5.56 Å². The van der Waals surface area contributed by atoms with Gasteiger partial charge in [0.15, 0.2) is 12.7 Å². The molecule has 1 aromatic heterocycles. The van der Waals surface area contributed by atoms with Gasteiger partial charge in [0, 0.05) is 12.1 Å². The van der Waals surface area contributed by atoms with Gasteiger partial charge in [-0.25, -0.2) is 4.79 Å². The van der Waals surface area contributed by atoms with Gasteiger partial charge in [-0.1, -0.05) is 17.5 Å². The number of carboxylic acid groups (broad SMARTS) is 2. The summed E-state index contributed by atoms with van der Waals surface area (Å²) in [6, 6.07) is 1.95. The fraction of sp³-hybridized carbons (Fsp3) is 0.533. The second-order valence-electron chi connectivity index (χ2n) is 5.58. The summed E-state index contributed by atoms with van der Waals surface area (Å²) in [5, 5.41) is 22.7. The second kappa shape index (κ2) is 9.68. The highest BCUT2D eigenvalue weighted by Gasteiger charge is 2.38. The molecule has 1 fully saturated rings. The van der Waals surface area contributed by atoms with E-state index < -0.39 is 18.1 Å². The fourth-order valence-corrected chi connectivity index (χ4v) is 2.20. The molecule has 11 heteroatoms. The molecule has 1 aromatic rings. The van der Waals surface area contributed by atoms with Crippen molar-refractivity contribution in [3.8, 4) is 0 Å². The minimum absolute atomic E-state index is 0.0191. The Labute approximate surface area is 146 Å². The summed E-state index contributed by atoms with van der Waals surface area (Å²) in [5.41, 5.74) is 0.512. The molecule has 144 valence electrons. The Balaban J connectivity index is 0.000000412. The number of aryl methyl sites for hydroxylation is 1. The van der Waals surface area contributed by atoms with E-state index in [9.17, 15) is 22.8 Å².